The van der Waals surface area contributed by atoms with E-state index in [1.807, 2.05) is 6.07 Å². The summed E-state index contributed by atoms with van der Waals surface area (Å²) in [5, 5.41) is 13.1. The molecule has 0 unspecified atom stereocenters. The smallest absolute Gasteiger partial charge is 0.153 e. The Kier molecular flexibility index (Phi) is 3.51. The Balaban J connectivity index is 2.01. The third kappa shape index (κ3) is 2.57. The Labute approximate surface area is 99.8 Å². The summed E-state index contributed by atoms with van der Waals surface area (Å²) in [6, 6.07) is 2.19. The molecule has 1 fully saturated rings. The highest BCUT2D eigenvalue weighted by Gasteiger charge is 2.19. The molecule has 0 atom stereocenters. The molecule has 16 heavy (non-hydrogen) atoms. The van der Waals surface area contributed by atoms with E-state index in [-0.39, 0.29) is 6.10 Å². The summed E-state index contributed by atoms with van der Waals surface area (Å²) in [4.78, 5) is 3.90. The number of halogens is 1. The summed E-state index contributed by atoms with van der Waals surface area (Å²) in [6.45, 7) is 0. The van der Waals surface area contributed by atoms with Gasteiger partial charge in [0.25, 0.3) is 0 Å². The van der Waals surface area contributed by atoms with Gasteiger partial charge in [-0.15, -0.1) is 0 Å². The number of hydrogen-bond donors (Lipinski definition) is 3. The molecule has 0 amide bonds. The fourth-order valence-electron chi connectivity index (χ4n) is 2.01. The highest BCUT2D eigenvalue weighted by Crippen LogP contribution is 2.28. The van der Waals surface area contributed by atoms with Crippen LogP contribution in [0.25, 0.3) is 0 Å². The van der Waals surface area contributed by atoms with Gasteiger partial charge in [0.2, 0.25) is 0 Å². The van der Waals surface area contributed by atoms with Gasteiger partial charge in [-0.3, -0.25) is 0 Å². The third-order valence-corrected chi connectivity index (χ3v) is 3.30. The Hall–Kier alpha value is -1.00. The van der Waals surface area contributed by atoms with Crippen molar-refractivity contribution in [2.45, 2.75) is 37.8 Å². The van der Waals surface area contributed by atoms with E-state index in [4.69, 9.17) is 17.3 Å². The fourth-order valence-corrected chi connectivity index (χ4v) is 2.17. The first-order valence-corrected chi connectivity index (χ1v) is 5.89. The van der Waals surface area contributed by atoms with Crippen molar-refractivity contribution in [1.82, 2.24) is 4.98 Å². The molecule has 1 aromatic rings. The number of nitrogens with two attached hydrogens (primary N) is 1. The Morgan fingerprint density at radius 3 is 2.75 bits per heavy atom. The third-order valence-electron chi connectivity index (χ3n) is 3.00. The normalized spacial score (nSPS) is 25.4. The van der Waals surface area contributed by atoms with Crippen LogP contribution in [0.3, 0.4) is 0 Å². The van der Waals surface area contributed by atoms with Crippen molar-refractivity contribution in [2.75, 3.05) is 11.1 Å². The van der Waals surface area contributed by atoms with E-state index >= 15 is 0 Å². The molecule has 1 heterocycles. The van der Waals surface area contributed by atoms with Crippen LogP contribution in [-0.2, 0) is 0 Å². The van der Waals surface area contributed by atoms with Crippen LogP contribution >= 0.6 is 11.6 Å². The summed E-state index contributed by atoms with van der Waals surface area (Å²) >= 11 is 5.84. The number of nitrogens with one attached hydrogen (secondary N) is 1. The number of aliphatic hydroxyl groups excluding tert-OH is 1. The Morgan fingerprint density at radius 1 is 1.38 bits per heavy atom. The summed E-state index contributed by atoms with van der Waals surface area (Å²) < 4.78 is 0. The number of hydrogen-bond acceptors (Lipinski definition) is 4. The lowest BCUT2D eigenvalue weighted by Crippen LogP contribution is -2.28. The van der Waals surface area contributed by atoms with Gasteiger partial charge in [0.05, 0.1) is 17.5 Å². The number of anilines is 2. The predicted octanol–water partition coefficient (Wildman–Crippen LogP) is 2.03. The van der Waals surface area contributed by atoms with Crippen molar-refractivity contribution in [3.05, 3.63) is 17.4 Å². The van der Waals surface area contributed by atoms with E-state index < -0.39 is 0 Å². The maximum Gasteiger partial charge on any atom is 0.153 e. The molecule has 1 aromatic heterocycles. The molecule has 0 aromatic carbocycles. The minimum Gasteiger partial charge on any atom is -0.395 e. The van der Waals surface area contributed by atoms with Crippen molar-refractivity contribution >= 4 is 23.0 Å². The molecule has 4 nitrogen and oxygen atoms in total. The van der Waals surface area contributed by atoms with Gasteiger partial charge in [-0.2, -0.15) is 0 Å². The predicted molar refractivity (Wildman–Crippen MR) is 65.5 cm³/mol. The van der Waals surface area contributed by atoms with E-state index in [0.717, 1.165) is 31.4 Å². The van der Waals surface area contributed by atoms with Gasteiger partial charge < -0.3 is 16.2 Å². The van der Waals surface area contributed by atoms with Gasteiger partial charge in [0.1, 0.15) is 0 Å². The molecule has 0 radical (unpaired) electrons. The number of rotatable bonds is 2. The zero-order valence-electron chi connectivity index (χ0n) is 8.99. The second-order valence-corrected chi connectivity index (χ2v) is 4.57. The highest BCUT2D eigenvalue weighted by molar-refractivity contribution is 6.32. The quantitative estimate of drug-likeness (QED) is 0.693. The van der Waals surface area contributed by atoms with Crippen molar-refractivity contribution in [3.63, 3.8) is 0 Å². The maximum absolute atomic E-state index is 9.41. The van der Waals surface area contributed by atoms with Crippen LogP contribution in [0.1, 0.15) is 25.7 Å². The molecule has 5 heteroatoms. The summed E-state index contributed by atoms with van der Waals surface area (Å²) in [5.74, 6) is 0. The summed E-state index contributed by atoms with van der Waals surface area (Å²) in [7, 11) is 0. The first kappa shape index (κ1) is 11.5. The standard InChI is InChI=1S/C11H16ClN3O/c12-11-10(13)9(5-6-14-11)15-7-1-3-8(16)4-2-7/h5-8,16H,1-4,13H2,(H,14,15). The van der Waals surface area contributed by atoms with Gasteiger partial charge in [0, 0.05) is 12.2 Å². The van der Waals surface area contributed by atoms with Crippen LogP contribution in [-0.4, -0.2) is 22.2 Å². The molecule has 0 bridgehead atoms. The van der Waals surface area contributed by atoms with Crippen LogP contribution in [0.15, 0.2) is 12.3 Å². The Bertz CT molecular complexity index is 364. The lowest BCUT2D eigenvalue weighted by molar-refractivity contribution is 0.126. The largest absolute Gasteiger partial charge is 0.395 e. The van der Waals surface area contributed by atoms with Crippen LogP contribution in [0.4, 0.5) is 11.4 Å². The van der Waals surface area contributed by atoms with Crippen LogP contribution in [0.5, 0.6) is 0 Å². The maximum atomic E-state index is 9.41. The van der Waals surface area contributed by atoms with Gasteiger partial charge in [-0.05, 0) is 31.7 Å². The number of aliphatic hydroxyl groups is 1. The minimum atomic E-state index is -0.142. The first-order chi connectivity index (χ1) is 7.66. The lowest BCUT2D eigenvalue weighted by Gasteiger charge is -2.27. The molecule has 1 aliphatic carbocycles. The van der Waals surface area contributed by atoms with Crippen LogP contribution in [0, 0.1) is 0 Å². The Morgan fingerprint density at radius 2 is 2.06 bits per heavy atom. The molecular weight excluding hydrogens is 226 g/mol. The second-order valence-electron chi connectivity index (χ2n) is 4.21. The number of pyridine rings is 1. The summed E-state index contributed by atoms with van der Waals surface area (Å²) in [6.07, 6.45) is 5.10. The van der Waals surface area contributed by atoms with E-state index in [2.05, 4.69) is 10.3 Å². The minimum absolute atomic E-state index is 0.142. The zero-order valence-corrected chi connectivity index (χ0v) is 9.74. The topological polar surface area (TPSA) is 71.2 Å². The summed E-state index contributed by atoms with van der Waals surface area (Å²) in [5.41, 5.74) is 7.15. The van der Waals surface area contributed by atoms with Gasteiger partial charge in [-0.1, -0.05) is 11.6 Å². The SMILES string of the molecule is Nc1c(NC2CCC(O)CC2)ccnc1Cl. The van der Waals surface area contributed by atoms with Crippen LogP contribution in [0.2, 0.25) is 5.15 Å². The number of nitrogens with zero attached hydrogens (tertiary/aromatic N) is 1. The molecule has 0 aliphatic heterocycles. The fraction of sp³-hybridized carbons (Fsp3) is 0.545. The van der Waals surface area contributed by atoms with E-state index in [0.29, 0.717) is 16.9 Å². The number of nitrogen functional groups attached to an aromatic ring is 1. The van der Waals surface area contributed by atoms with E-state index in [1.54, 1.807) is 6.20 Å². The van der Waals surface area contributed by atoms with Crippen molar-refractivity contribution in [2.24, 2.45) is 0 Å². The molecule has 2 rings (SSSR count). The molecule has 1 aliphatic rings. The molecule has 0 saturated heterocycles. The monoisotopic (exact) mass is 241 g/mol. The molecular formula is C11H16ClN3O. The van der Waals surface area contributed by atoms with E-state index in [9.17, 15) is 5.11 Å². The van der Waals surface area contributed by atoms with Gasteiger partial charge >= 0.3 is 0 Å². The molecule has 1 saturated carbocycles. The molecule has 0 spiro atoms. The first-order valence-electron chi connectivity index (χ1n) is 5.51. The second kappa shape index (κ2) is 4.89. The van der Waals surface area contributed by atoms with Gasteiger partial charge in [0.15, 0.2) is 5.15 Å². The van der Waals surface area contributed by atoms with Crippen molar-refractivity contribution < 1.29 is 5.11 Å². The van der Waals surface area contributed by atoms with Gasteiger partial charge in [-0.25, -0.2) is 4.98 Å². The lowest BCUT2D eigenvalue weighted by atomic mass is 9.93. The zero-order chi connectivity index (χ0) is 11.5. The van der Waals surface area contributed by atoms with Crippen molar-refractivity contribution in [1.29, 1.82) is 0 Å². The average molecular weight is 242 g/mol. The molecule has 4 N–H and O–H groups in total. The highest BCUT2D eigenvalue weighted by atomic mass is 35.5. The number of aromatic nitrogens is 1. The van der Waals surface area contributed by atoms with E-state index in [1.165, 1.54) is 0 Å². The molecule has 88 valence electrons. The average Bonchev–Trinajstić information content (AvgIpc) is 2.28. The van der Waals surface area contributed by atoms with Crippen LogP contribution < -0.4 is 11.1 Å². The van der Waals surface area contributed by atoms with Crippen molar-refractivity contribution in [3.8, 4) is 0 Å².